The van der Waals surface area contributed by atoms with Crippen molar-refractivity contribution in [1.29, 1.82) is 0 Å². The van der Waals surface area contributed by atoms with Gasteiger partial charge in [0, 0.05) is 32.0 Å². The minimum absolute atomic E-state index is 0.0211. The first-order chi connectivity index (χ1) is 27.6. The van der Waals surface area contributed by atoms with E-state index in [-0.39, 0.29) is 36.7 Å². The number of esters is 2. The van der Waals surface area contributed by atoms with E-state index in [1.807, 2.05) is 26.8 Å². The number of carbonyl (C=O) groups excluding carboxylic acids is 7. The highest BCUT2D eigenvalue weighted by molar-refractivity contribution is 5.96. The predicted molar refractivity (Wildman–Crippen MR) is 223 cm³/mol. The lowest BCUT2D eigenvalue weighted by atomic mass is 9.90. The van der Waals surface area contributed by atoms with E-state index in [0.29, 0.717) is 12.0 Å². The van der Waals surface area contributed by atoms with Crippen LogP contribution in [-0.2, 0) is 49.5 Å². The summed E-state index contributed by atoms with van der Waals surface area (Å²) in [4.78, 5) is 98.0. The summed E-state index contributed by atoms with van der Waals surface area (Å²) in [5.74, 6) is -5.83. The quantitative estimate of drug-likeness (QED) is 0.234. The van der Waals surface area contributed by atoms with Crippen molar-refractivity contribution >= 4 is 41.5 Å². The molecule has 59 heavy (non-hydrogen) atoms. The van der Waals surface area contributed by atoms with Gasteiger partial charge in [0.2, 0.25) is 23.6 Å². The molecule has 15 nitrogen and oxygen atoms in total. The van der Waals surface area contributed by atoms with Gasteiger partial charge in [-0.1, -0.05) is 83.5 Å². The maximum atomic E-state index is 14.1. The van der Waals surface area contributed by atoms with Crippen LogP contribution in [0.1, 0.15) is 94.1 Å². The van der Waals surface area contributed by atoms with E-state index in [9.17, 15) is 38.7 Å². The second kappa shape index (κ2) is 23.5. The first kappa shape index (κ1) is 50.1. The zero-order chi connectivity index (χ0) is 44.7. The normalized spacial score (nSPS) is 28.8. The lowest BCUT2D eigenvalue weighted by Crippen LogP contribution is -2.57. The van der Waals surface area contributed by atoms with E-state index in [4.69, 9.17) is 9.47 Å². The third-order valence-electron chi connectivity index (χ3n) is 10.8. The Morgan fingerprint density at radius 1 is 0.898 bits per heavy atom. The van der Waals surface area contributed by atoms with Crippen LogP contribution >= 0.6 is 0 Å². The van der Waals surface area contributed by atoms with Crippen LogP contribution in [-0.4, -0.2) is 120 Å². The molecule has 5 amide bonds. The summed E-state index contributed by atoms with van der Waals surface area (Å²) in [7, 11) is 2.85. The van der Waals surface area contributed by atoms with Gasteiger partial charge in [0.05, 0.1) is 12.6 Å². The summed E-state index contributed by atoms with van der Waals surface area (Å²) in [6.45, 7) is 16.5. The highest BCUT2D eigenvalue weighted by Crippen LogP contribution is 2.24. The van der Waals surface area contributed by atoms with Crippen molar-refractivity contribution in [1.82, 2.24) is 25.8 Å². The Morgan fingerprint density at radius 3 is 2.08 bits per heavy atom. The zero-order valence-corrected chi connectivity index (χ0v) is 36.9. The monoisotopic (exact) mass is 825 g/mol. The molecule has 328 valence electrons. The number of benzene rings is 1. The van der Waals surface area contributed by atoms with E-state index in [1.165, 1.54) is 50.7 Å². The molecular formula is C44H67N5O10. The Balaban J connectivity index is 2.62. The lowest BCUT2D eigenvalue weighted by Gasteiger charge is -2.33. The molecule has 0 spiro atoms. The SMILES string of the molecule is C/C=C(\C)[C@H]1OC(=O)[C@@H](C)NC(=O)[C@H]([C@@H](C)CC)NC(=O)CN(C)C(=O)C(Cc2ccccc2)N(C)C(=O)[C@@H](C)NC(=O)C(CC(C)C)OC(=O)/C(C)=C/C[C@H](O)[C@@H]1C. The number of hydrogen-bond donors (Lipinski definition) is 4. The van der Waals surface area contributed by atoms with Crippen LogP contribution in [0, 0.1) is 17.8 Å². The topological polar surface area (TPSA) is 201 Å². The fourth-order valence-electron chi connectivity index (χ4n) is 6.55. The predicted octanol–water partition coefficient (Wildman–Crippen LogP) is 3.24. The number of allylic oxidation sites excluding steroid dienone is 1. The molecule has 4 N–H and O–H groups in total. The number of carbonyl (C=O) groups is 7. The van der Waals surface area contributed by atoms with Gasteiger partial charge in [-0.3, -0.25) is 24.0 Å². The van der Waals surface area contributed by atoms with Crippen molar-refractivity contribution in [3.05, 3.63) is 59.2 Å². The van der Waals surface area contributed by atoms with E-state index in [2.05, 4.69) is 16.0 Å². The number of ether oxygens (including phenoxy) is 2. The number of amides is 5. The molecule has 15 heteroatoms. The minimum Gasteiger partial charge on any atom is -0.456 e. The van der Waals surface area contributed by atoms with E-state index in [1.54, 1.807) is 58.0 Å². The number of aliphatic hydroxyl groups excluding tert-OH is 1. The fraction of sp³-hybridized carbons (Fsp3) is 0.614. The van der Waals surface area contributed by atoms with Crippen molar-refractivity contribution in [3.8, 4) is 0 Å². The Labute approximate surface area is 349 Å². The number of nitrogens with one attached hydrogen (secondary N) is 3. The van der Waals surface area contributed by atoms with Gasteiger partial charge in [-0.15, -0.1) is 0 Å². The van der Waals surface area contributed by atoms with Crippen LogP contribution in [0.3, 0.4) is 0 Å². The van der Waals surface area contributed by atoms with Crippen molar-refractivity contribution in [2.75, 3.05) is 20.6 Å². The van der Waals surface area contributed by atoms with E-state index in [0.717, 1.165) is 5.56 Å². The molecule has 0 radical (unpaired) electrons. The van der Waals surface area contributed by atoms with E-state index < -0.39 is 96.4 Å². The number of aliphatic hydroxyl groups is 1. The molecule has 1 aromatic carbocycles. The molecule has 2 rings (SSSR count). The van der Waals surface area contributed by atoms with Gasteiger partial charge in [-0.05, 0) is 70.4 Å². The molecule has 0 saturated carbocycles. The average molecular weight is 826 g/mol. The summed E-state index contributed by atoms with van der Waals surface area (Å²) in [6, 6.07) is 4.53. The molecule has 0 saturated heterocycles. The zero-order valence-electron chi connectivity index (χ0n) is 36.9. The first-order valence-corrected chi connectivity index (χ1v) is 20.5. The molecule has 1 heterocycles. The number of rotatable bonds is 7. The molecule has 1 aliphatic rings. The summed E-state index contributed by atoms with van der Waals surface area (Å²) in [5, 5.41) is 19.3. The molecular weight excluding hydrogens is 759 g/mol. The van der Waals surface area contributed by atoms with E-state index >= 15 is 0 Å². The number of hydrogen-bond acceptors (Lipinski definition) is 10. The number of likely N-dealkylation sites (N-methyl/N-ethyl adjacent to an activating group) is 2. The summed E-state index contributed by atoms with van der Waals surface area (Å²) in [6.07, 6.45) is 0.687. The third kappa shape index (κ3) is 14.9. The van der Waals surface area contributed by atoms with Crippen LogP contribution in [0.25, 0.3) is 0 Å². The Bertz CT molecular complexity index is 1700. The molecule has 0 fully saturated rings. The van der Waals surface area contributed by atoms with Gasteiger partial charge in [0.15, 0.2) is 6.10 Å². The molecule has 0 bridgehead atoms. The first-order valence-electron chi connectivity index (χ1n) is 20.5. The van der Waals surface area contributed by atoms with Crippen molar-refractivity contribution in [3.63, 3.8) is 0 Å². The van der Waals surface area contributed by atoms with Crippen LogP contribution in [0.5, 0.6) is 0 Å². The molecule has 0 aliphatic carbocycles. The molecule has 2 unspecified atom stereocenters. The third-order valence-corrected chi connectivity index (χ3v) is 10.8. The van der Waals surface area contributed by atoms with Gasteiger partial charge in [-0.2, -0.15) is 0 Å². The molecule has 1 aliphatic heterocycles. The number of cyclic esters (lactones) is 2. The average Bonchev–Trinajstić information content (AvgIpc) is 3.20. The van der Waals surface area contributed by atoms with Crippen molar-refractivity contribution in [2.45, 2.75) is 137 Å². The molecule has 9 atom stereocenters. The fourth-order valence-corrected chi connectivity index (χ4v) is 6.55. The van der Waals surface area contributed by atoms with Crippen molar-refractivity contribution < 1.29 is 48.1 Å². The minimum atomic E-state index is -1.26. The Morgan fingerprint density at radius 2 is 1.51 bits per heavy atom. The largest absolute Gasteiger partial charge is 0.456 e. The summed E-state index contributed by atoms with van der Waals surface area (Å²) >= 11 is 0. The van der Waals surface area contributed by atoms with Gasteiger partial charge in [0.25, 0.3) is 5.91 Å². The summed E-state index contributed by atoms with van der Waals surface area (Å²) in [5.41, 5.74) is 1.51. The second-order valence-corrected chi connectivity index (χ2v) is 16.2. The van der Waals surface area contributed by atoms with Crippen LogP contribution in [0.2, 0.25) is 0 Å². The highest BCUT2D eigenvalue weighted by atomic mass is 16.6. The standard InChI is InChI=1S/C44H67N5O10/c1-13-26(5)37-40(53)46-31(10)44(57)59-38(27(6)14-2)29(8)34(50)21-20-28(7)43(56)58-35(22-25(3)4)39(52)45-30(9)41(54)49(12)33(23-32-18-16-15-17-19-32)42(55)48(11)24-36(51)47-37/h14-20,25-26,29-31,33-35,37-38,50H,13,21-24H2,1-12H3,(H,45,52)(H,46,53)(H,47,51)/b27-14+,28-20+/t26-,29-,30+,31+,33?,34-,35?,37-,38+/m0/s1. The Hall–Kier alpha value is -5.05. The highest BCUT2D eigenvalue weighted by Gasteiger charge is 2.36. The second-order valence-electron chi connectivity index (χ2n) is 16.2. The summed E-state index contributed by atoms with van der Waals surface area (Å²) < 4.78 is 11.5. The maximum Gasteiger partial charge on any atom is 0.334 e. The van der Waals surface area contributed by atoms with Crippen LogP contribution < -0.4 is 16.0 Å². The van der Waals surface area contributed by atoms with Gasteiger partial charge in [0.1, 0.15) is 30.3 Å². The van der Waals surface area contributed by atoms with Crippen LogP contribution in [0.4, 0.5) is 0 Å². The van der Waals surface area contributed by atoms with Crippen LogP contribution in [0.15, 0.2) is 53.6 Å². The Kier molecular flexibility index (Phi) is 20.0. The number of nitrogens with zero attached hydrogens (tertiary/aromatic N) is 2. The molecule has 0 aromatic heterocycles. The van der Waals surface area contributed by atoms with Gasteiger partial charge >= 0.3 is 11.9 Å². The van der Waals surface area contributed by atoms with Gasteiger partial charge < -0.3 is 40.3 Å². The molecule has 1 aromatic rings. The van der Waals surface area contributed by atoms with Gasteiger partial charge in [-0.25, -0.2) is 9.59 Å². The maximum absolute atomic E-state index is 14.1. The van der Waals surface area contributed by atoms with Crippen molar-refractivity contribution in [2.24, 2.45) is 17.8 Å². The smallest absolute Gasteiger partial charge is 0.334 e. The lowest BCUT2D eigenvalue weighted by molar-refractivity contribution is -0.155.